The summed E-state index contributed by atoms with van der Waals surface area (Å²) in [6, 6.07) is 0. The van der Waals surface area contributed by atoms with Gasteiger partial charge in [0.25, 0.3) is 0 Å². The van der Waals surface area contributed by atoms with Gasteiger partial charge in [0.15, 0.2) is 0 Å². The molecule has 1 unspecified atom stereocenters. The summed E-state index contributed by atoms with van der Waals surface area (Å²) in [4.78, 5) is 0. The molecule has 0 saturated carbocycles. The van der Waals surface area contributed by atoms with Crippen LogP contribution >= 0.6 is 0 Å². The number of hydrogen-bond donors (Lipinski definition) is 1. The molecule has 18 heavy (non-hydrogen) atoms. The summed E-state index contributed by atoms with van der Waals surface area (Å²) in [5.41, 5.74) is 5.08. The van der Waals surface area contributed by atoms with Gasteiger partial charge in [-0.3, -0.25) is 0 Å². The Kier molecular flexibility index (Phi) is 5.54. The molecule has 1 saturated heterocycles. The van der Waals surface area contributed by atoms with Crippen LogP contribution in [0.1, 0.15) is 20.8 Å². The van der Waals surface area contributed by atoms with E-state index >= 15 is 0 Å². The molecule has 2 N–H and O–H groups in total. The van der Waals surface area contributed by atoms with Gasteiger partial charge in [0.1, 0.15) is 0 Å². The van der Waals surface area contributed by atoms with E-state index in [0.717, 1.165) is 0 Å². The first-order chi connectivity index (χ1) is 8.30. The number of nitrogens with two attached hydrogens (primary N) is 1. The van der Waals surface area contributed by atoms with Gasteiger partial charge in [0.05, 0.1) is 24.1 Å². The van der Waals surface area contributed by atoms with Gasteiger partial charge in [-0.15, -0.1) is 0 Å². The predicted octanol–water partition coefficient (Wildman–Crippen LogP) is -0.209. The molecule has 0 radical (unpaired) electrons. The Morgan fingerprint density at radius 2 is 2.17 bits per heavy atom. The number of ether oxygens (including phenoxy) is 2. The summed E-state index contributed by atoms with van der Waals surface area (Å²) in [6.07, 6.45) is -0.240. The molecular weight excluding hydrogens is 256 g/mol. The molecule has 0 aromatic carbocycles. The highest BCUT2D eigenvalue weighted by atomic mass is 32.2. The number of morpholine rings is 1. The van der Waals surface area contributed by atoms with Crippen molar-refractivity contribution in [3.05, 3.63) is 0 Å². The van der Waals surface area contributed by atoms with Crippen molar-refractivity contribution in [2.75, 3.05) is 38.6 Å². The minimum atomic E-state index is -3.30. The smallest absolute Gasteiger partial charge is 0.216 e. The van der Waals surface area contributed by atoms with Crippen molar-refractivity contribution in [3.8, 4) is 0 Å². The quantitative estimate of drug-likeness (QED) is 0.681. The zero-order chi connectivity index (χ0) is 13.8. The first-order valence-corrected chi connectivity index (χ1v) is 7.85. The Hall–Kier alpha value is -0.210. The molecule has 7 heteroatoms. The van der Waals surface area contributed by atoms with Crippen molar-refractivity contribution in [3.63, 3.8) is 0 Å². The largest absolute Gasteiger partial charge is 0.381 e. The lowest BCUT2D eigenvalue weighted by Crippen LogP contribution is -2.56. The van der Waals surface area contributed by atoms with Crippen LogP contribution in [-0.2, 0) is 19.5 Å². The van der Waals surface area contributed by atoms with E-state index < -0.39 is 15.6 Å². The summed E-state index contributed by atoms with van der Waals surface area (Å²) >= 11 is 0. The van der Waals surface area contributed by atoms with Crippen LogP contribution in [0.15, 0.2) is 0 Å². The van der Waals surface area contributed by atoms with E-state index in [-0.39, 0.29) is 18.5 Å². The van der Waals surface area contributed by atoms with Crippen LogP contribution in [0, 0.1) is 0 Å². The second-order valence-corrected chi connectivity index (χ2v) is 7.13. The SMILES string of the molecule is CCOCCS(=O)(=O)N1CC(CN)OC(C)(C)C1. The molecule has 6 nitrogen and oxygen atoms in total. The molecule has 0 bridgehead atoms. The highest BCUT2D eigenvalue weighted by Gasteiger charge is 2.37. The van der Waals surface area contributed by atoms with Crippen LogP contribution in [0.25, 0.3) is 0 Å². The van der Waals surface area contributed by atoms with Crippen LogP contribution in [0.5, 0.6) is 0 Å². The molecule has 1 rings (SSSR count). The maximum atomic E-state index is 12.2. The van der Waals surface area contributed by atoms with Crippen molar-refractivity contribution in [1.82, 2.24) is 4.31 Å². The molecular formula is C11H24N2O4S. The Morgan fingerprint density at radius 1 is 1.50 bits per heavy atom. The highest BCUT2D eigenvalue weighted by Crippen LogP contribution is 2.22. The van der Waals surface area contributed by atoms with Crippen LogP contribution < -0.4 is 5.73 Å². The first kappa shape index (κ1) is 15.8. The molecule has 0 amide bonds. The second kappa shape index (κ2) is 6.29. The Bertz CT molecular complexity index is 356. The lowest BCUT2D eigenvalue weighted by Gasteiger charge is -2.41. The average Bonchev–Trinajstić information content (AvgIpc) is 2.27. The van der Waals surface area contributed by atoms with E-state index in [4.69, 9.17) is 15.2 Å². The fraction of sp³-hybridized carbons (Fsp3) is 1.00. The number of hydrogen-bond acceptors (Lipinski definition) is 5. The lowest BCUT2D eigenvalue weighted by atomic mass is 10.1. The molecule has 0 aliphatic carbocycles. The number of sulfonamides is 1. The van der Waals surface area contributed by atoms with Gasteiger partial charge >= 0.3 is 0 Å². The molecule has 0 spiro atoms. The standard InChI is InChI=1S/C11H24N2O4S/c1-4-16-5-6-18(14,15)13-8-10(7-12)17-11(2,3)9-13/h10H,4-9,12H2,1-3H3. The zero-order valence-corrected chi connectivity index (χ0v) is 12.2. The van der Waals surface area contributed by atoms with Crippen LogP contribution in [0.3, 0.4) is 0 Å². The third-order valence-corrected chi connectivity index (χ3v) is 4.54. The van der Waals surface area contributed by atoms with Gasteiger partial charge in [-0.2, -0.15) is 4.31 Å². The van der Waals surface area contributed by atoms with Gasteiger partial charge in [-0.1, -0.05) is 0 Å². The number of rotatable bonds is 6. The van der Waals surface area contributed by atoms with Crippen LogP contribution in [0.2, 0.25) is 0 Å². The van der Waals surface area contributed by atoms with Gasteiger partial charge in [-0.25, -0.2) is 8.42 Å². The van der Waals surface area contributed by atoms with Crippen molar-refractivity contribution in [1.29, 1.82) is 0 Å². The summed E-state index contributed by atoms with van der Waals surface area (Å²) in [5.74, 6) is 0.00815. The Labute approximate surface area is 109 Å². The normalized spacial score (nSPS) is 25.2. The number of nitrogens with zero attached hydrogens (tertiary/aromatic N) is 1. The van der Waals surface area contributed by atoms with Gasteiger partial charge in [0.2, 0.25) is 10.0 Å². The molecule has 1 aliphatic heterocycles. The van der Waals surface area contributed by atoms with Crippen molar-refractivity contribution in [2.45, 2.75) is 32.5 Å². The lowest BCUT2D eigenvalue weighted by molar-refractivity contribution is -0.112. The van der Waals surface area contributed by atoms with Gasteiger partial charge < -0.3 is 15.2 Å². The molecule has 1 atom stereocenters. The Balaban J connectivity index is 2.68. The van der Waals surface area contributed by atoms with E-state index in [9.17, 15) is 8.42 Å². The van der Waals surface area contributed by atoms with Crippen molar-refractivity contribution >= 4 is 10.0 Å². The molecule has 1 heterocycles. The van der Waals surface area contributed by atoms with Crippen molar-refractivity contribution in [2.24, 2.45) is 5.73 Å². The third-order valence-electron chi connectivity index (χ3n) is 2.80. The maximum Gasteiger partial charge on any atom is 0.216 e. The van der Waals surface area contributed by atoms with Crippen molar-refractivity contribution < 1.29 is 17.9 Å². The minimum Gasteiger partial charge on any atom is -0.381 e. The van der Waals surface area contributed by atoms with E-state index in [1.807, 2.05) is 20.8 Å². The van der Waals surface area contributed by atoms with E-state index in [1.165, 1.54) is 4.31 Å². The first-order valence-electron chi connectivity index (χ1n) is 6.24. The monoisotopic (exact) mass is 280 g/mol. The zero-order valence-electron chi connectivity index (χ0n) is 11.4. The minimum absolute atomic E-state index is 0.00815. The predicted molar refractivity (Wildman–Crippen MR) is 69.9 cm³/mol. The van der Waals surface area contributed by atoms with E-state index in [0.29, 0.717) is 26.2 Å². The van der Waals surface area contributed by atoms with Crippen LogP contribution in [-0.4, -0.2) is 63.0 Å². The summed E-state index contributed by atoms with van der Waals surface area (Å²) < 4.78 is 36.6. The third kappa shape index (κ3) is 4.47. The summed E-state index contributed by atoms with van der Waals surface area (Å²) in [6.45, 7) is 7.35. The fourth-order valence-corrected chi connectivity index (χ4v) is 3.50. The molecule has 0 aromatic rings. The summed E-state index contributed by atoms with van der Waals surface area (Å²) in [7, 11) is -3.30. The second-order valence-electron chi connectivity index (χ2n) is 5.04. The van der Waals surface area contributed by atoms with E-state index in [1.54, 1.807) is 0 Å². The summed E-state index contributed by atoms with van der Waals surface area (Å²) in [5, 5.41) is 0. The van der Waals surface area contributed by atoms with Gasteiger partial charge in [-0.05, 0) is 20.8 Å². The molecule has 108 valence electrons. The maximum absolute atomic E-state index is 12.2. The molecule has 1 fully saturated rings. The Morgan fingerprint density at radius 3 is 2.72 bits per heavy atom. The fourth-order valence-electron chi connectivity index (χ4n) is 2.01. The highest BCUT2D eigenvalue weighted by molar-refractivity contribution is 7.89. The molecule has 0 aromatic heterocycles. The average molecular weight is 280 g/mol. The molecule has 1 aliphatic rings. The topological polar surface area (TPSA) is 81.9 Å². The van der Waals surface area contributed by atoms with Gasteiger partial charge in [0, 0.05) is 26.2 Å². The van der Waals surface area contributed by atoms with Crippen LogP contribution in [0.4, 0.5) is 0 Å². The van der Waals surface area contributed by atoms with E-state index in [2.05, 4.69) is 0 Å².